The predicted molar refractivity (Wildman–Crippen MR) is 117 cm³/mol. The Bertz CT molecular complexity index is 905. The minimum absolute atomic E-state index is 0.135. The number of likely N-dealkylation sites (tertiary alicyclic amines) is 1. The molecule has 2 amide bonds. The summed E-state index contributed by atoms with van der Waals surface area (Å²) in [6, 6.07) is 3.29. The maximum absolute atomic E-state index is 13.4. The number of halogens is 3. The molecule has 162 valence electrons. The highest BCUT2D eigenvalue weighted by atomic mass is 35.5. The number of carbonyl (C=O) groups is 1. The number of benzene rings is 1. The summed E-state index contributed by atoms with van der Waals surface area (Å²) in [4.78, 5) is 24.5. The van der Waals surface area contributed by atoms with E-state index in [1.54, 1.807) is 17.0 Å². The van der Waals surface area contributed by atoms with E-state index in [9.17, 15) is 9.18 Å². The van der Waals surface area contributed by atoms with Crippen LogP contribution in [-0.4, -0.2) is 59.0 Å². The van der Waals surface area contributed by atoms with Crippen LogP contribution in [0, 0.1) is 5.95 Å². The molecule has 1 aliphatic heterocycles. The van der Waals surface area contributed by atoms with Gasteiger partial charge in [0.15, 0.2) is 0 Å². The van der Waals surface area contributed by atoms with Crippen molar-refractivity contribution in [3.8, 4) is 11.3 Å². The number of amides is 2. The third-order valence-electron chi connectivity index (χ3n) is 5.63. The number of hydrogen-bond acceptors (Lipinski definition) is 4. The van der Waals surface area contributed by atoms with Gasteiger partial charge in [0.1, 0.15) is 0 Å². The summed E-state index contributed by atoms with van der Waals surface area (Å²) in [7, 11) is 3.92. The topological polar surface area (TPSA) is 61.4 Å². The Balaban J connectivity index is 1.77. The van der Waals surface area contributed by atoms with E-state index in [1.807, 2.05) is 14.0 Å². The molecule has 0 radical (unpaired) electrons. The molecule has 0 bridgehead atoms. The first-order chi connectivity index (χ1) is 14.3. The molecule has 2 heterocycles. The number of nitrogens with zero attached hydrogens (tertiary/aromatic N) is 4. The van der Waals surface area contributed by atoms with Crippen LogP contribution in [0.25, 0.3) is 11.3 Å². The lowest BCUT2D eigenvalue weighted by atomic mass is 10.0. The van der Waals surface area contributed by atoms with Crippen molar-refractivity contribution in [2.24, 2.45) is 0 Å². The van der Waals surface area contributed by atoms with Crippen LogP contribution in [0.1, 0.15) is 37.8 Å². The fourth-order valence-electron chi connectivity index (χ4n) is 3.70. The minimum atomic E-state index is -0.695. The van der Waals surface area contributed by atoms with Crippen molar-refractivity contribution in [3.63, 3.8) is 0 Å². The first kappa shape index (κ1) is 22.7. The van der Waals surface area contributed by atoms with E-state index in [-0.39, 0.29) is 23.1 Å². The van der Waals surface area contributed by atoms with Crippen LogP contribution in [-0.2, 0) is 0 Å². The molecule has 0 spiro atoms. The van der Waals surface area contributed by atoms with Crippen molar-refractivity contribution in [2.45, 2.75) is 38.3 Å². The van der Waals surface area contributed by atoms with Crippen molar-refractivity contribution in [1.82, 2.24) is 25.1 Å². The second kappa shape index (κ2) is 9.90. The van der Waals surface area contributed by atoms with Gasteiger partial charge in [0, 0.05) is 18.7 Å². The molecule has 6 nitrogen and oxygen atoms in total. The molecule has 1 aromatic heterocycles. The largest absolute Gasteiger partial charge is 0.331 e. The van der Waals surface area contributed by atoms with Gasteiger partial charge in [0.25, 0.3) is 0 Å². The Labute approximate surface area is 186 Å². The smallest absolute Gasteiger partial charge is 0.317 e. The summed E-state index contributed by atoms with van der Waals surface area (Å²) < 4.78 is 13.4. The van der Waals surface area contributed by atoms with Gasteiger partial charge in [-0.25, -0.2) is 9.78 Å². The Morgan fingerprint density at radius 3 is 2.63 bits per heavy atom. The summed E-state index contributed by atoms with van der Waals surface area (Å²) in [6.07, 6.45) is 5.00. The van der Waals surface area contributed by atoms with Crippen LogP contribution in [0.3, 0.4) is 0 Å². The summed E-state index contributed by atoms with van der Waals surface area (Å²) in [5.41, 5.74) is 1.50. The average Bonchev–Trinajstić information content (AvgIpc) is 2.74. The number of hydrogen-bond donors (Lipinski definition) is 1. The molecular weight excluding hydrogens is 428 g/mol. The molecule has 1 aliphatic rings. The van der Waals surface area contributed by atoms with E-state index < -0.39 is 5.95 Å². The third kappa shape index (κ3) is 5.02. The van der Waals surface area contributed by atoms with Gasteiger partial charge in [-0.05, 0) is 45.0 Å². The lowest BCUT2D eigenvalue weighted by Gasteiger charge is -2.36. The Kier molecular flexibility index (Phi) is 7.50. The fraction of sp³-hybridized carbons (Fsp3) is 0.476. The zero-order valence-corrected chi connectivity index (χ0v) is 18.8. The molecule has 9 heteroatoms. The Morgan fingerprint density at radius 2 is 2.00 bits per heavy atom. The van der Waals surface area contributed by atoms with Crippen LogP contribution < -0.4 is 5.32 Å². The molecule has 1 atom stereocenters. The summed E-state index contributed by atoms with van der Waals surface area (Å²) in [5.74, 6) is -0.695. The monoisotopic (exact) mass is 453 g/mol. The Morgan fingerprint density at radius 1 is 1.30 bits per heavy atom. The van der Waals surface area contributed by atoms with Crippen LogP contribution >= 0.6 is 23.2 Å². The van der Waals surface area contributed by atoms with E-state index in [1.165, 1.54) is 6.20 Å². The third-order valence-corrected chi connectivity index (χ3v) is 6.53. The number of nitrogens with one attached hydrogen (secondary N) is 1. The van der Waals surface area contributed by atoms with Crippen LogP contribution in [0.15, 0.2) is 24.5 Å². The lowest BCUT2D eigenvalue weighted by molar-refractivity contribution is 0.145. The zero-order chi connectivity index (χ0) is 21.8. The van der Waals surface area contributed by atoms with Gasteiger partial charge in [-0.2, -0.15) is 4.39 Å². The SMILES string of the molecule is CCC(NC(=O)N(C)C1CCN(C)CC1)c1ccc(-c2cncc(F)n2)c(Cl)c1Cl. The summed E-state index contributed by atoms with van der Waals surface area (Å²) in [6.45, 7) is 3.92. The number of aromatic nitrogens is 2. The Hall–Kier alpha value is -1.96. The maximum atomic E-state index is 13.4. The highest BCUT2D eigenvalue weighted by molar-refractivity contribution is 6.44. The molecule has 1 N–H and O–H groups in total. The molecule has 1 saturated heterocycles. The quantitative estimate of drug-likeness (QED) is 0.707. The van der Waals surface area contributed by atoms with Crippen LogP contribution in [0.4, 0.5) is 9.18 Å². The molecule has 1 aromatic carbocycles. The van der Waals surface area contributed by atoms with E-state index in [0.29, 0.717) is 28.3 Å². The van der Waals surface area contributed by atoms with E-state index >= 15 is 0 Å². The summed E-state index contributed by atoms with van der Waals surface area (Å²) in [5, 5.41) is 3.64. The normalized spacial score (nSPS) is 16.3. The van der Waals surface area contributed by atoms with Crippen LogP contribution in [0.2, 0.25) is 10.0 Å². The highest BCUT2D eigenvalue weighted by Crippen LogP contribution is 2.38. The molecule has 1 unspecified atom stereocenters. The molecule has 30 heavy (non-hydrogen) atoms. The van der Waals surface area contributed by atoms with Crippen LogP contribution in [0.5, 0.6) is 0 Å². The fourth-order valence-corrected chi connectivity index (χ4v) is 4.27. The number of rotatable bonds is 5. The van der Waals surface area contributed by atoms with Gasteiger partial charge in [0.2, 0.25) is 5.95 Å². The van der Waals surface area contributed by atoms with Gasteiger partial charge in [-0.1, -0.05) is 42.3 Å². The maximum Gasteiger partial charge on any atom is 0.317 e. The zero-order valence-electron chi connectivity index (χ0n) is 17.3. The highest BCUT2D eigenvalue weighted by Gasteiger charge is 2.26. The molecule has 0 aliphatic carbocycles. The second-order valence-corrected chi connectivity index (χ2v) is 8.37. The summed E-state index contributed by atoms with van der Waals surface area (Å²) >= 11 is 13.0. The number of urea groups is 1. The minimum Gasteiger partial charge on any atom is -0.331 e. The molecular formula is C21H26Cl2FN5O. The number of carbonyl (C=O) groups excluding carboxylic acids is 1. The first-order valence-electron chi connectivity index (χ1n) is 9.99. The first-order valence-corrected chi connectivity index (χ1v) is 10.7. The lowest BCUT2D eigenvalue weighted by Crippen LogP contribution is -2.48. The second-order valence-electron chi connectivity index (χ2n) is 7.61. The van der Waals surface area contributed by atoms with Crippen molar-refractivity contribution in [2.75, 3.05) is 27.2 Å². The standard InChI is InChI=1S/C21H26Cl2FN5O/c1-4-16(27-21(30)29(3)13-7-9-28(2)10-8-13)14-5-6-15(20(23)19(14)22)17-11-25-12-18(24)26-17/h5-6,11-13,16H,4,7-10H2,1-3H3,(H,27,30). The molecule has 3 rings (SSSR count). The van der Waals surface area contributed by atoms with Crippen molar-refractivity contribution in [3.05, 3.63) is 46.1 Å². The van der Waals surface area contributed by atoms with Gasteiger partial charge in [0.05, 0.1) is 34.2 Å². The molecule has 1 fully saturated rings. The van der Waals surface area contributed by atoms with Crippen molar-refractivity contribution >= 4 is 29.2 Å². The molecule has 2 aromatic rings. The van der Waals surface area contributed by atoms with Gasteiger partial charge in [-0.15, -0.1) is 0 Å². The van der Waals surface area contributed by atoms with E-state index in [2.05, 4.69) is 27.2 Å². The molecule has 0 saturated carbocycles. The number of piperidine rings is 1. The van der Waals surface area contributed by atoms with Gasteiger partial charge < -0.3 is 15.1 Å². The van der Waals surface area contributed by atoms with E-state index in [0.717, 1.165) is 32.1 Å². The van der Waals surface area contributed by atoms with Gasteiger partial charge in [-0.3, -0.25) is 4.98 Å². The van der Waals surface area contributed by atoms with E-state index in [4.69, 9.17) is 23.2 Å². The van der Waals surface area contributed by atoms with Gasteiger partial charge >= 0.3 is 6.03 Å². The van der Waals surface area contributed by atoms with Crippen molar-refractivity contribution in [1.29, 1.82) is 0 Å². The average molecular weight is 454 g/mol. The van der Waals surface area contributed by atoms with Crippen molar-refractivity contribution < 1.29 is 9.18 Å². The predicted octanol–water partition coefficient (Wildman–Crippen LogP) is 4.78.